The van der Waals surface area contributed by atoms with Gasteiger partial charge in [-0.3, -0.25) is 10.1 Å². The van der Waals surface area contributed by atoms with Gasteiger partial charge < -0.3 is 4.74 Å². The number of anilines is 1. The van der Waals surface area contributed by atoms with Gasteiger partial charge in [0.1, 0.15) is 5.75 Å². The van der Waals surface area contributed by atoms with Crippen molar-refractivity contribution in [3.63, 3.8) is 0 Å². The van der Waals surface area contributed by atoms with Crippen molar-refractivity contribution in [2.24, 2.45) is 5.92 Å². The number of nitrogens with zero attached hydrogens (tertiary/aromatic N) is 2. The second-order valence-electron chi connectivity index (χ2n) is 5.16. The van der Waals surface area contributed by atoms with Gasteiger partial charge in [0.15, 0.2) is 4.34 Å². The third kappa shape index (κ3) is 5.69. The molecule has 2 rings (SSSR count). The zero-order valence-electron chi connectivity index (χ0n) is 13.1. The van der Waals surface area contributed by atoms with Gasteiger partial charge in [-0.15, -0.1) is 16.8 Å². The monoisotopic (exact) mass is 349 g/mol. The maximum absolute atomic E-state index is 12.2. The molecule has 1 amide bonds. The summed E-state index contributed by atoms with van der Waals surface area (Å²) in [6, 6.07) is 7.06. The van der Waals surface area contributed by atoms with Gasteiger partial charge >= 0.3 is 0 Å². The normalized spacial score (nSPS) is 10.6. The summed E-state index contributed by atoms with van der Waals surface area (Å²) >= 11 is 2.88. The Labute approximate surface area is 144 Å². The lowest BCUT2D eigenvalue weighted by Crippen LogP contribution is -2.11. The number of amides is 1. The van der Waals surface area contributed by atoms with E-state index in [9.17, 15) is 4.79 Å². The zero-order chi connectivity index (χ0) is 16.7. The van der Waals surface area contributed by atoms with Crippen molar-refractivity contribution >= 4 is 34.1 Å². The van der Waals surface area contributed by atoms with Gasteiger partial charge in [-0.2, -0.15) is 0 Å². The van der Waals surface area contributed by atoms with Crippen LogP contribution in [0.25, 0.3) is 0 Å². The van der Waals surface area contributed by atoms with Gasteiger partial charge in [0.05, 0.1) is 6.61 Å². The second kappa shape index (κ2) is 8.69. The molecule has 7 heteroatoms. The van der Waals surface area contributed by atoms with E-state index >= 15 is 0 Å². The second-order valence-corrected chi connectivity index (χ2v) is 7.40. The van der Waals surface area contributed by atoms with Crippen LogP contribution in [0.15, 0.2) is 41.3 Å². The molecule has 122 valence electrons. The zero-order valence-corrected chi connectivity index (χ0v) is 14.7. The molecule has 0 aliphatic carbocycles. The predicted molar refractivity (Wildman–Crippen MR) is 95.6 cm³/mol. The van der Waals surface area contributed by atoms with Crippen LogP contribution in [0.2, 0.25) is 0 Å². The maximum atomic E-state index is 12.2. The number of rotatable bonds is 8. The van der Waals surface area contributed by atoms with Crippen LogP contribution in [-0.2, 0) is 0 Å². The van der Waals surface area contributed by atoms with E-state index in [4.69, 9.17) is 4.74 Å². The smallest absolute Gasteiger partial charge is 0.257 e. The molecule has 23 heavy (non-hydrogen) atoms. The van der Waals surface area contributed by atoms with E-state index < -0.39 is 0 Å². The van der Waals surface area contributed by atoms with Crippen molar-refractivity contribution in [1.29, 1.82) is 0 Å². The van der Waals surface area contributed by atoms with E-state index in [1.807, 2.05) is 0 Å². The van der Waals surface area contributed by atoms with E-state index in [0.717, 1.165) is 15.8 Å². The summed E-state index contributed by atoms with van der Waals surface area (Å²) in [5.74, 6) is 1.77. The molecule has 0 radical (unpaired) electrons. The molecule has 5 nitrogen and oxygen atoms in total. The number of ether oxygens (including phenoxy) is 1. The van der Waals surface area contributed by atoms with Gasteiger partial charge in [0.25, 0.3) is 5.91 Å². The molecule has 1 heterocycles. The number of thioether (sulfide) groups is 1. The Morgan fingerprint density at radius 3 is 2.78 bits per heavy atom. The maximum Gasteiger partial charge on any atom is 0.257 e. The highest BCUT2D eigenvalue weighted by atomic mass is 32.2. The average Bonchev–Trinajstić information content (AvgIpc) is 2.98. The summed E-state index contributed by atoms with van der Waals surface area (Å²) in [7, 11) is 0. The predicted octanol–water partition coefficient (Wildman–Crippen LogP) is 4.10. The molecule has 0 aliphatic heterocycles. The van der Waals surface area contributed by atoms with Crippen molar-refractivity contribution in [1.82, 2.24) is 10.2 Å². The average molecular weight is 349 g/mol. The fourth-order valence-corrected chi connectivity index (χ4v) is 3.09. The number of hydrogen-bond acceptors (Lipinski definition) is 6. The van der Waals surface area contributed by atoms with E-state index in [2.05, 4.69) is 35.9 Å². The van der Waals surface area contributed by atoms with Crippen LogP contribution in [0.4, 0.5) is 5.13 Å². The van der Waals surface area contributed by atoms with Crippen LogP contribution in [0.1, 0.15) is 24.2 Å². The molecule has 0 saturated carbocycles. The Hall–Kier alpha value is -1.86. The third-order valence-electron chi connectivity index (χ3n) is 2.65. The molecule has 1 aromatic carbocycles. The molecule has 0 aliphatic rings. The lowest BCUT2D eigenvalue weighted by Gasteiger charge is -2.09. The minimum Gasteiger partial charge on any atom is -0.493 e. The van der Waals surface area contributed by atoms with Gasteiger partial charge in [-0.1, -0.05) is 43.0 Å². The molecule has 0 saturated heterocycles. The first-order valence-corrected chi connectivity index (χ1v) is 9.00. The van der Waals surface area contributed by atoms with Crippen molar-refractivity contribution in [2.75, 3.05) is 17.7 Å². The standard InChI is InChI=1S/C16H19N3O2S2/c1-4-9-22-16-19-18-15(23-16)17-14(20)12-5-7-13(8-6-12)21-10-11(2)3/h4-8,11H,1,9-10H2,2-3H3,(H,17,18,20). The Morgan fingerprint density at radius 2 is 2.13 bits per heavy atom. The van der Waals surface area contributed by atoms with Crippen molar-refractivity contribution in [2.45, 2.75) is 18.2 Å². The molecule has 1 N–H and O–H groups in total. The summed E-state index contributed by atoms with van der Waals surface area (Å²) in [5, 5.41) is 11.2. The highest BCUT2D eigenvalue weighted by Gasteiger charge is 2.10. The van der Waals surface area contributed by atoms with Gasteiger partial charge in [-0.05, 0) is 30.2 Å². The highest BCUT2D eigenvalue weighted by Crippen LogP contribution is 2.25. The lowest BCUT2D eigenvalue weighted by atomic mass is 10.2. The minimum atomic E-state index is -0.211. The van der Waals surface area contributed by atoms with Crippen molar-refractivity contribution < 1.29 is 9.53 Å². The molecule has 1 aromatic heterocycles. The van der Waals surface area contributed by atoms with Crippen LogP contribution in [0.5, 0.6) is 5.75 Å². The van der Waals surface area contributed by atoms with Gasteiger partial charge in [0, 0.05) is 11.3 Å². The van der Waals surface area contributed by atoms with Crippen LogP contribution in [-0.4, -0.2) is 28.5 Å². The van der Waals surface area contributed by atoms with Crippen molar-refractivity contribution in [3.8, 4) is 5.75 Å². The molecule has 2 aromatic rings. The number of benzene rings is 1. The molecule has 0 spiro atoms. The van der Waals surface area contributed by atoms with Gasteiger partial charge in [-0.25, -0.2) is 0 Å². The Kier molecular flexibility index (Phi) is 6.61. The number of carbonyl (C=O) groups is 1. The first kappa shape index (κ1) is 17.5. The fourth-order valence-electron chi connectivity index (χ4n) is 1.58. The van der Waals surface area contributed by atoms with Crippen LogP contribution in [0, 0.1) is 5.92 Å². The SMILES string of the molecule is C=CCSc1nnc(NC(=O)c2ccc(OCC(C)C)cc2)s1. The molecular weight excluding hydrogens is 330 g/mol. The van der Waals surface area contributed by atoms with Crippen molar-refractivity contribution in [3.05, 3.63) is 42.5 Å². The van der Waals surface area contributed by atoms with E-state index in [1.165, 1.54) is 23.1 Å². The number of hydrogen-bond donors (Lipinski definition) is 1. The lowest BCUT2D eigenvalue weighted by molar-refractivity contribution is 0.102. The summed E-state index contributed by atoms with van der Waals surface area (Å²) in [6.45, 7) is 8.49. The Balaban J connectivity index is 1.92. The molecular formula is C16H19N3O2S2. The van der Waals surface area contributed by atoms with Crippen LogP contribution < -0.4 is 10.1 Å². The first-order valence-electron chi connectivity index (χ1n) is 7.20. The number of nitrogens with one attached hydrogen (secondary N) is 1. The first-order chi connectivity index (χ1) is 11.1. The Bertz CT molecular complexity index is 654. The third-order valence-corrected chi connectivity index (χ3v) is 4.62. The largest absolute Gasteiger partial charge is 0.493 e. The highest BCUT2D eigenvalue weighted by molar-refractivity contribution is 8.01. The summed E-state index contributed by atoms with van der Waals surface area (Å²) in [6.07, 6.45) is 1.80. The van der Waals surface area contributed by atoms with Crippen LogP contribution >= 0.6 is 23.1 Å². The molecule has 0 atom stereocenters. The summed E-state index contributed by atoms with van der Waals surface area (Å²) in [4.78, 5) is 12.2. The van der Waals surface area contributed by atoms with Crippen LogP contribution in [0.3, 0.4) is 0 Å². The quantitative estimate of drug-likeness (QED) is 0.441. The Morgan fingerprint density at radius 1 is 1.39 bits per heavy atom. The molecule has 0 unspecified atom stereocenters. The molecule has 0 bridgehead atoms. The minimum absolute atomic E-state index is 0.211. The van der Waals surface area contributed by atoms with E-state index in [0.29, 0.717) is 23.2 Å². The fraction of sp³-hybridized carbons (Fsp3) is 0.312. The topological polar surface area (TPSA) is 64.1 Å². The van der Waals surface area contributed by atoms with E-state index in [1.54, 1.807) is 30.3 Å². The van der Waals surface area contributed by atoms with E-state index in [-0.39, 0.29) is 5.91 Å². The molecule has 0 fully saturated rings. The number of carbonyl (C=O) groups excluding carboxylic acids is 1. The number of aromatic nitrogens is 2. The summed E-state index contributed by atoms with van der Waals surface area (Å²) < 4.78 is 6.40. The van der Waals surface area contributed by atoms with Gasteiger partial charge in [0.2, 0.25) is 5.13 Å². The summed E-state index contributed by atoms with van der Waals surface area (Å²) in [5.41, 5.74) is 0.553.